The van der Waals surface area contributed by atoms with E-state index in [-0.39, 0.29) is 23.7 Å². The van der Waals surface area contributed by atoms with Crippen molar-refractivity contribution < 1.29 is 28.6 Å². The molecule has 1 unspecified atom stereocenters. The lowest BCUT2D eigenvalue weighted by Crippen LogP contribution is -2.22. The van der Waals surface area contributed by atoms with Crippen LogP contribution in [-0.2, 0) is 17.8 Å². The SMILES string of the molecule is O=C(NCc1ccc(N(c2ccc(C(=O)O)c(O)c2)S(=O)[O-])s1)c1ccccc1. The quantitative estimate of drug-likeness (QED) is 0.493. The summed E-state index contributed by atoms with van der Waals surface area (Å²) in [6, 6.07) is 15.4. The Morgan fingerprint density at radius 3 is 2.45 bits per heavy atom. The Balaban J connectivity index is 1.77. The number of carboxylic acid groups (broad SMARTS) is 1. The monoisotopic (exact) mass is 431 g/mol. The topological polar surface area (TPSA) is 130 Å². The number of carboxylic acids is 1. The van der Waals surface area contributed by atoms with Gasteiger partial charge in [0, 0.05) is 16.5 Å². The highest BCUT2D eigenvalue weighted by Gasteiger charge is 2.17. The van der Waals surface area contributed by atoms with E-state index in [9.17, 15) is 23.5 Å². The van der Waals surface area contributed by atoms with Crippen LogP contribution in [0.15, 0.2) is 60.7 Å². The minimum Gasteiger partial charge on any atom is -0.755 e. The number of hydrogen-bond acceptors (Lipinski definition) is 6. The van der Waals surface area contributed by atoms with Crippen LogP contribution >= 0.6 is 11.3 Å². The number of thiophene rings is 1. The lowest BCUT2D eigenvalue weighted by Gasteiger charge is -2.25. The average Bonchev–Trinajstić information content (AvgIpc) is 3.14. The van der Waals surface area contributed by atoms with Crippen LogP contribution in [-0.4, -0.2) is 30.9 Å². The van der Waals surface area contributed by atoms with Gasteiger partial charge in [-0.15, -0.1) is 11.3 Å². The van der Waals surface area contributed by atoms with E-state index in [0.717, 1.165) is 27.8 Å². The highest BCUT2D eigenvalue weighted by Crippen LogP contribution is 2.35. The first-order chi connectivity index (χ1) is 13.9. The molecule has 150 valence electrons. The maximum absolute atomic E-state index is 12.1. The van der Waals surface area contributed by atoms with Gasteiger partial charge in [0.05, 0.1) is 23.5 Å². The Morgan fingerprint density at radius 1 is 1.10 bits per heavy atom. The highest BCUT2D eigenvalue weighted by atomic mass is 32.2. The summed E-state index contributed by atoms with van der Waals surface area (Å²) in [5, 5.41) is 21.9. The van der Waals surface area contributed by atoms with Crippen LogP contribution < -0.4 is 9.62 Å². The number of phenols is 1. The van der Waals surface area contributed by atoms with E-state index < -0.39 is 23.0 Å². The fraction of sp³-hybridized carbons (Fsp3) is 0.0526. The zero-order chi connectivity index (χ0) is 21.0. The number of hydrogen-bond donors (Lipinski definition) is 3. The maximum Gasteiger partial charge on any atom is 0.339 e. The van der Waals surface area contributed by atoms with Gasteiger partial charge < -0.3 is 20.1 Å². The summed E-state index contributed by atoms with van der Waals surface area (Å²) in [5.41, 5.74) is 0.268. The number of aromatic hydroxyl groups is 1. The molecule has 8 nitrogen and oxygen atoms in total. The van der Waals surface area contributed by atoms with Crippen molar-refractivity contribution in [1.29, 1.82) is 0 Å². The molecule has 0 radical (unpaired) electrons. The number of amides is 1. The molecular formula is C19H15N2O6S2-. The molecule has 3 aromatic rings. The predicted octanol–water partition coefficient (Wildman–Crippen LogP) is 3.01. The van der Waals surface area contributed by atoms with Gasteiger partial charge in [0.25, 0.3) is 5.91 Å². The predicted molar refractivity (Wildman–Crippen MR) is 108 cm³/mol. The lowest BCUT2D eigenvalue weighted by molar-refractivity contribution is 0.0693. The number of benzene rings is 2. The van der Waals surface area contributed by atoms with Crippen molar-refractivity contribution in [3.05, 3.63) is 76.7 Å². The molecule has 0 spiro atoms. The molecule has 2 aromatic carbocycles. The molecule has 0 aliphatic heterocycles. The highest BCUT2D eigenvalue weighted by molar-refractivity contribution is 7.81. The summed E-state index contributed by atoms with van der Waals surface area (Å²) in [5.74, 6) is -2.12. The summed E-state index contributed by atoms with van der Waals surface area (Å²) >= 11 is -1.57. The van der Waals surface area contributed by atoms with Crippen LogP contribution in [0, 0.1) is 0 Å². The van der Waals surface area contributed by atoms with Gasteiger partial charge in [-0.3, -0.25) is 13.3 Å². The molecule has 1 heterocycles. The second kappa shape index (κ2) is 8.86. The molecule has 0 aliphatic carbocycles. The molecular weight excluding hydrogens is 416 g/mol. The van der Waals surface area contributed by atoms with Gasteiger partial charge in [-0.1, -0.05) is 18.2 Å². The molecule has 0 aliphatic rings. The van der Waals surface area contributed by atoms with Crippen molar-refractivity contribution in [3.8, 4) is 5.75 Å². The third-order valence-corrected chi connectivity index (χ3v) is 5.79. The molecule has 0 saturated carbocycles. The van der Waals surface area contributed by atoms with Crippen molar-refractivity contribution in [1.82, 2.24) is 5.32 Å². The van der Waals surface area contributed by atoms with Crippen LogP contribution in [0.3, 0.4) is 0 Å². The Morgan fingerprint density at radius 2 is 1.83 bits per heavy atom. The lowest BCUT2D eigenvalue weighted by atomic mass is 10.2. The summed E-state index contributed by atoms with van der Waals surface area (Å²) in [4.78, 5) is 23.8. The molecule has 3 rings (SSSR count). The number of nitrogens with zero attached hydrogens (tertiary/aromatic N) is 1. The standard InChI is InChI=1S/C19H16N2O6S2/c22-16-10-13(6-8-15(16)19(24)25)21(29(26)27)17-9-7-14(28-17)11-20-18(23)12-4-2-1-3-5-12/h1-10,22H,11H2,(H,20,23)(H,24,25)(H,26,27)/p-1. The molecule has 3 N–H and O–H groups in total. The van der Waals surface area contributed by atoms with E-state index in [1.54, 1.807) is 42.5 Å². The van der Waals surface area contributed by atoms with E-state index in [1.807, 2.05) is 0 Å². The number of anilines is 2. The van der Waals surface area contributed by atoms with Gasteiger partial charge in [-0.05, 0) is 36.4 Å². The van der Waals surface area contributed by atoms with Gasteiger partial charge in [-0.2, -0.15) is 0 Å². The van der Waals surface area contributed by atoms with Crippen molar-refractivity contribution in [2.24, 2.45) is 0 Å². The Labute approximate surface area is 172 Å². The van der Waals surface area contributed by atoms with Crippen LogP contribution in [0.2, 0.25) is 0 Å². The van der Waals surface area contributed by atoms with Gasteiger partial charge in [0.2, 0.25) is 0 Å². The summed E-state index contributed by atoms with van der Waals surface area (Å²) in [7, 11) is 0. The van der Waals surface area contributed by atoms with Crippen molar-refractivity contribution >= 4 is 45.2 Å². The first-order valence-electron chi connectivity index (χ1n) is 8.24. The fourth-order valence-electron chi connectivity index (χ4n) is 2.54. The number of rotatable bonds is 7. The third kappa shape index (κ3) is 4.80. The number of aromatic carboxylic acids is 1. The Bertz CT molecular complexity index is 1070. The molecule has 0 saturated heterocycles. The van der Waals surface area contributed by atoms with Crippen LogP contribution in [0.25, 0.3) is 0 Å². The van der Waals surface area contributed by atoms with E-state index in [2.05, 4.69) is 5.32 Å². The van der Waals surface area contributed by atoms with Gasteiger partial charge in [0.1, 0.15) is 16.3 Å². The average molecular weight is 431 g/mol. The fourth-order valence-corrected chi connectivity index (χ4v) is 4.21. The number of carbonyl (C=O) groups excluding carboxylic acids is 1. The first kappa shape index (κ1) is 20.5. The second-order valence-electron chi connectivity index (χ2n) is 5.81. The van der Waals surface area contributed by atoms with Gasteiger partial charge in [-0.25, -0.2) is 4.79 Å². The van der Waals surface area contributed by atoms with Crippen molar-refractivity contribution in [3.63, 3.8) is 0 Å². The maximum atomic E-state index is 12.1. The van der Waals surface area contributed by atoms with Crippen molar-refractivity contribution in [2.75, 3.05) is 4.31 Å². The van der Waals surface area contributed by atoms with Crippen molar-refractivity contribution in [2.45, 2.75) is 6.54 Å². The minimum absolute atomic E-state index is 0.0857. The third-order valence-electron chi connectivity index (χ3n) is 3.90. The number of carbonyl (C=O) groups is 2. The smallest absolute Gasteiger partial charge is 0.339 e. The molecule has 29 heavy (non-hydrogen) atoms. The molecule has 10 heteroatoms. The summed E-state index contributed by atoms with van der Waals surface area (Å²) in [6.45, 7) is 0.209. The Hall–Kier alpha value is -3.21. The largest absolute Gasteiger partial charge is 0.755 e. The second-order valence-corrected chi connectivity index (χ2v) is 7.75. The molecule has 1 aromatic heterocycles. The zero-order valence-electron chi connectivity index (χ0n) is 14.8. The van der Waals surface area contributed by atoms with Gasteiger partial charge in [0.15, 0.2) is 0 Å². The molecule has 0 bridgehead atoms. The van der Waals surface area contributed by atoms with Crippen LogP contribution in [0.5, 0.6) is 5.75 Å². The van der Waals surface area contributed by atoms with E-state index in [0.29, 0.717) is 15.4 Å². The van der Waals surface area contributed by atoms with E-state index in [4.69, 9.17) is 5.11 Å². The van der Waals surface area contributed by atoms with E-state index >= 15 is 0 Å². The van der Waals surface area contributed by atoms with Gasteiger partial charge >= 0.3 is 5.97 Å². The van der Waals surface area contributed by atoms with Crippen LogP contribution in [0.4, 0.5) is 10.7 Å². The van der Waals surface area contributed by atoms with E-state index in [1.165, 1.54) is 6.07 Å². The molecule has 0 fully saturated rings. The number of nitrogens with one attached hydrogen (secondary N) is 1. The minimum atomic E-state index is -2.71. The molecule has 1 amide bonds. The zero-order valence-corrected chi connectivity index (χ0v) is 16.4. The normalized spacial score (nSPS) is 11.6. The summed E-state index contributed by atoms with van der Waals surface area (Å²) in [6.07, 6.45) is 0. The molecule has 1 atom stereocenters. The first-order valence-corrected chi connectivity index (χ1v) is 10.1. The van der Waals surface area contributed by atoms with Crippen LogP contribution in [0.1, 0.15) is 25.6 Å². The summed E-state index contributed by atoms with van der Waals surface area (Å²) < 4.78 is 24.4. The Kier molecular flexibility index (Phi) is 6.27.